The first kappa shape index (κ1) is 15.2. The second kappa shape index (κ2) is 6.08. The first-order chi connectivity index (χ1) is 6.69. The summed E-state index contributed by atoms with van der Waals surface area (Å²) in [5, 5.41) is 0. The molecule has 0 bridgehead atoms. The van der Waals surface area contributed by atoms with Gasteiger partial charge in [-0.2, -0.15) is 0 Å². The van der Waals surface area contributed by atoms with Crippen molar-refractivity contribution in [3.8, 4) is 0 Å². The van der Waals surface area contributed by atoms with Gasteiger partial charge in [-0.15, -0.1) is 0 Å². The summed E-state index contributed by atoms with van der Waals surface area (Å²) in [5.41, 5.74) is -2.41. The van der Waals surface area contributed by atoms with E-state index in [1.165, 1.54) is 0 Å². The molecule has 0 spiro atoms. The minimum absolute atomic E-state index is 0.00694. The van der Waals surface area contributed by atoms with E-state index < -0.39 is 20.8 Å². The van der Waals surface area contributed by atoms with Crippen LogP contribution in [0.5, 0.6) is 0 Å². The highest BCUT2D eigenvalue weighted by Crippen LogP contribution is 2.60. The lowest BCUT2D eigenvalue weighted by molar-refractivity contribution is 0.0460. The molecule has 0 saturated heterocycles. The fraction of sp³-hybridized carbons (Fsp3) is 1.00. The minimum atomic E-state index is -4.99. The number of hydrogen-bond acceptors (Lipinski definition) is 4. The average molecular weight is 264 g/mol. The van der Waals surface area contributed by atoms with Crippen LogP contribution in [0.25, 0.3) is 0 Å². The van der Waals surface area contributed by atoms with E-state index >= 15 is 0 Å². The summed E-state index contributed by atoms with van der Waals surface area (Å²) in [4.78, 5) is 34.5. The molecule has 0 heterocycles. The third-order valence-corrected chi connectivity index (χ3v) is 4.53. The van der Waals surface area contributed by atoms with Crippen molar-refractivity contribution in [1.82, 2.24) is 0 Å². The largest absolute Gasteiger partial charge is 0.379 e. The minimum Gasteiger partial charge on any atom is -0.379 e. The average Bonchev–Trinajstić information content (AvgIpc) is 1.99. The fourth-order valence-electron chi connectivity index (χ4n) is 0.747. The normalized spacial score (nSPS) is 13.5. The van der Waals surface area contributed by atoms with Crippen LogP contribution in [0.3, 0.4) is 0 Å². The summed E-state index contributed by atoms with van der Waals surface area (Å²) < 4.78 is 30.6. The van der Waals surface area contributed by atoms with Gasteiger partial charge in [0.05, 0.1) is 13.2 Å². The summed E-state index contributed by atoms with van der Waals surface area (Å²) in [5.74, 6) is 0. The Bertz CT molecular complexity index is 244. The Hall–Kier alpha value is 0.220. The van der Waals surface area contributed by atoms with Crippen LogP contribution in [-0.2, 0) is 18.6 Å². The van der Waals surface area contributed by atoms with Crippen LogP contribution < -0.4 is 0 Å². The van der Waals surface area contributed by atoms with Gasteiger partial charge in [-0.25, -0.2) is 0 Å². The van der Waals surface area contributed by atoms with Crippen LogP contribution in [0.15, 0.2) is 0 Å². The first-order valence-corrected chi connectivity index (χ1v) is 7.35. The van der Waals surface area contributed by atoms with E-state index in [-0.39, 0.29) is 13.2 Å². The summed E-state index contributed by atoms with van der Waals surface area (Å²) in [6.07, 6.45) is 0. The molecule has 0 amide bonds. The molecular weight excluding hydrogens is 250 g/mol. The van der Waals surface area contributed by atoms with Crippen molar-refractivity contribution < 1.29 is 38.2 Å². The molecule has 0 rings (SSSR count). The van der Waals surface area contributed by atoms with Crippen molar-refractivity contribution in [3.63, 3.8) is 0 Å². The third kappa shape index (κ3) is 6.40. The van der Waals surface area contributed by atoms with Gasteiger partial charge in [0, 0.05) is 6.61 Å². The Morgan fingerprint density at radius 3 is 1.87 bits per heavy atom. The van der Waals surface area contributed by atoms with Crippen LogP contribution in [0.2, 0.25) is 0 Å². The maximum Gasteiger partial charge on any atom is 0.366 e. The molecule has 0 aromatic heterocycles. The van der Waals surface area contributed by atoms with Gasteiger partial charge in [0.15, 0.2) is 0 Å². The lowest BCUT2D eigenvalue weighted by Gasteiger charge is -2.19. The van der Waals surface area contributed by atoms with Gasteiger partial charge in [0.1, 0.15) is 0 Å². The molecule has 0 unspecified atom stereocenters. The summed E-state index contributed by atoms with van der Waals surface area (Å²) >= 11 is 0. The Morgan fingerprint density at radius 2 is 1.53 bits per heavy atom. The topological polar surface area (TPSA) is 134 Å². The van der Waals surface area contributed by atoms with E-state index in [1.807, 2.05) is 0 Å². The lowest BCUT2D eigenvalue weighted by Crippen LogP contribution is -2.17. The van der Waals surface area contributed by atoms with Crippen molar-refractivity contribution in [2.45, 2.75) is 12.5 Å². The molecule has 0 aliphatic carbocycles. The Labute approximate surface area is 86.5 Å². The van der Waals surface area contributed by atoms with Crippen molar-refractivity contribution in [3.05, 3.63) is 0 Å². The zero-order valence-electron chi connectivity index (χ0n) is 8.01. The zero-order chi connectivity index (χ0) is 12.1. The maximum atomic E-state index is 10.7. The predicted molar refractivity (Wildman–Crippen MR) is 50.3 cm³/mol. The summed E-state index contributed by atoms with van der Waals surface area (Å²) in [7, 11) is -9.97. The van der Waals surface area contributed by atoms with Crippen molar-refractivity contribution in [1.29, 1.82) is 0 Å². The second-order valence-electron chi connectivity index (χ2n) is 2.57. The van der Waals surface area contributed by atoms with Crippen LogP contribution >= 0.6 is 15.2 Å². The maximum absolute atomic E-state index is 10.7. The lowest BCUT2D eigenvalue weighted by atomic mass is 10.7. The Balaban J connectivity index is 4.30. The fourth-order valence-corrected chi connectivity index (χ4v) is 2.91. The second-order valence-corrected chi connectivity index (χ2v) is 6.27. The molecular formula is C5H14O8P2. The number of ether oxygens (including phenoxy) is 2. The van der Waals surface area contributed by atoms with E-state index in [9.17, 15) is 9.13 Å². The predicted octanol–water partition coefficient (Wildman–Crippen LogP) is -0.322. The van der Waals surface area contributed by atoms with Gasteiger partial charge in [-0.3, -0.25) is 9.13 Å². The molecule has 15 heavy (non-hydrogen) atoms. The molecule has 10 heteroatoms. The van der Waals surface area contributed by atoms with E-state index in [4.69, 9.17) is 24.3 Å². The highest BCUT2D eigenvalue weighted by atomic mass is 31.2. The summed E-state index contributed by atoms with van der Waals surface area (Å²) in [6, 6.07) is 0. The Morgan fingerprint density at radius 1 is 1.07 bits per heavy atom. The van der Waals surface area contributed by atoms with Gasteiger partial charge >= 0.3 is 15.2 Å². The molecule has 0 aliphatic heterocycles. The molecule has 8 nitrogen and oxygen atoms in total. The molecule has 0 radical (unpaired) electrons. The van der Waals surface area contributed by atoms with Crippen molar-refractivity contribution in [2.24, 2.45) is 0 Å². The van der Waals surface area contributed by atoms with Crippen LogP contribution in [0.4, 0.5) is 0 Å². The SMILES string of the molecule is CCOCCOC(P(=O)(O)O)P(=O)(O)O. The quantitative estimate of drug-likeness (QED) is 0.363. The molecule has 0 fully saturated rings. The zero-order valence-corrected chi connectivity index (χ0v) is 9.80. The standard InChI is InChI=1S/C5H14O8P2/c1-2-12-3-4-13-5(14(6,7)8)15(9,10)11/h5H,2-4H2,1H3,(H2,6,7,8)(H2,9,10,11). The number of hydrogen-bond donors (Lipinski definition) is 4. The smallest absolute Gasteiger partial charge is 0.366 e. The number of rotatable bonds is 7. The molecule has 0 aromatic rings. The van der Waals surface area contributed by atoms with Gasteiger partial charge < -0.3 is 29.0 Å². The van der Waals surface area contributed by atoms with Crippen LogP contribution in [0, 0.1) is 0 Å². The van der Waals surface area contributed by atoms with Crippen LogP contribution in [-0.4, -0.2) is 45.0 Å². The molecule has 0 aliphatic rings. The summed E-state index contributed by atoms with van der Waals surface area (Å²) in [6.45, 7) is 1.78. The monoisotopic (exact) mass is 264 g/mol. The van der Waals surface area contributed by atoms with Gasteiger partial charge in [0.2, 0.25) is 0 Å². The molecule has 0 aromatic carbocycles. The molecule has 92 valence electrons. The first-order valence-electron chi connectivity index (χ1n) is 3.99. The molecule has 0 saturated carbocycles. The van der Waals surface area contributed by atoms with E-state index in [2.05, 4.69) is 4.74 Å². The van der Waals surface area contributed by atoms with E-state index in [0.29, 0.717) is 6.61 Å². The highest BCUT2D eigenvalue weighted by molar-refractivity contribution is 7.70. The van der Waals surface area contributed by atoms with Crippen molar-refractivity contribution in [2.75, 3.05) is 19.8 Å². The van der Waals surface area contributed by atoms with Gasteiger partial charge in [-0.1, -0.05) is 0 Å². The van der Waals surface area contributed by atoms with Crippen molar-refractivity contribution >= 4 is 15.2 Å². The van der Waals surface area contributed by atoms with Gasteiger partial charge in [-0.05, 0) is 6.92 Å². The molecule has 4 N–H and O–H groups in total. The van der Waals surface area contributed by atoms with Gasteiger partial charge in [0.25, 0.3) is 5.59 Å². The van der Waals surface area contributed by atoms with E-state index in [0.717, 1.165) is 0 Å². The Kier molecular flexibility index (Phi) is 6.17. The third-order valence-electron chi connectivity index (χ3n) is 1.27. The molecule has 0 atom stereocenters. The highest BCUT2D eigenvalue weighted by Gasteiger charge is 2.44. The van der Waals surface area contributed by atoms with Crippen LogP contribution in [0.1, 0.15) is 6.92 Å². The van der Waals surface area contributed by atoms with E-state index in [1.54, 1.807) is 6.92 Å².